The number of hydrogen-bond donors (Lipinski definition) is 1. The molecular formula is C15H25NO2. The molecule has 2 aliphatic rings. The van der Waals surface area contributed by atoms with Gasteiger partial charge in [0.05, 0.1) is 7.11 Å². The summed E-state index contributed by atoms with van der Waals surface area (Å²) in [5.41, 5.74) is 0.777. The summed E-state index contributed by atoms with van der Waals surface area (Å²) in [5, 5.41) is 3.49. The van der Waals surface area contributed by atoms with Gasteiger partial charge in [-0.05, 0) is 56.4 Å². The van der Waals surface area contributed by atoms with Crippen LogP contribution in [0, 0.1) is 17.8 Å². The fraction of sp³-hybridized carbons (Fsp3) is 0.800. The lowest BCUT2D eigenvalue weighted by atomic mass is 9.98. The lowest BCUT2D eigenvalue weighted by Gasteiger charge is -2.15. The van der Waals surface area contributed by atoms with Gasteiger partial charge in [0, 0.05) is 12.1 Å². The molecule has 1 N–H and O–H groups in total. The average Bonchev–Trinajstić information content (AvgIpc) is 3.26. The molecule has 0 unspecified atom stereocenters. The van der Waals surface area contributed by atoms with Crippen molar-refractivity contribution in [3.8, 4) is 0 Å². The Bertz CT molecular complexity index is 304. The van der Waals surface area contributed by atoms with Crippen molar-refractivity contribution in [2.24, 2.45) is 17.8 Å². The van der Waals surface area contributed by atoms with E-state index >= 15 is 0 Å². The van der Waals surface area contributed by atoms with Crippen LogP contribution in [0.3, 0.4) is 0 Å². The van der Waals surface area contributed by atoms with E-state index in [1.54, 1.807) is 0 Å². The average molecular weight is 251 g/mol. The van der Waals surface area contributed by atoms with Gasteiger partial charge in [-0.25, -0.2) is 4.79 Å². The van der Waals surface area contributed by atoms with Crippen LogP contribution in [0.25, 0.3) is 0 Å². The van der Waals surface area contributed by atoms with Gasteiger partial charge in [-0.15, -0.1) is 0 Å². The quantitative estimate of drug-likeness (QED) is 0.409. The van der Waals surface area contributed by atoms with E-state index in [-0.39, 0.29) is 5.97 Å². The van der Waals surface area contributed by atoms with E-state index in [9.17, 15) is 4.79 Å². The molecule has 0 atom stereocenters. The lowest BCUT2D eigenvalue weighted by molar-refractivity contribution is -0.136. The van der Waals surface area contributed by atoms with E-state index < -0.39 is 0 Å². The van der Waals surface area contributed by atoms with Crippen LogP contribution in [0.4, 0.5) is 0 Å². The topological polar surface area (TPSA) is 38.3 Å². The maximum absolute atomic E-state index is 11.4. The molecular weight excluding hydrogens is 226 g/mol. The van der Waals surface area contributed by atoms with E-state index in [1.807, 2.05) is 13.0 Å². The summed E-state index contributed by atoms with van der Waals surface area (Å²) in [6.07, 6.45) is 8.44. The van der Waals surface area contributed by atoms with Gasteiger partial charge >= 0.3 is 5.97 Å². The maximum Gasteiger partial charge on any atom is 0.333 e. The van der Waals surface area contributed by atoms with Crippen molar-refractivity contribution in [1.82, 2.24) is 5.32 Å². The molecule has 3 heteroatoms. The number of carbonyl (C=O) groups excluding carboxylic acids is 1. The molecule has 0 bridgehead atoms. The molecule has 0 aliphatic heterocycles. The Morgan fingerprint density at radius 1 is 1.33 bits per heavy atom. The Kier molecular flexibility index (Phi) is 4.81. The fourth-order valence-electron chi connectivity index (χ4n) is 2.72. The highest BCUT2D eigenvalue weighted by molar-refractivity contribution is 5.88. The van der Waals surface area contributed by atoms with Crippen LogP contribution in [0.5, 0.6) is 0 Å². The zero-order valence-electron chi connectivity index (χ0n) is 11.6. The Morgan fingerprint density at radius 2 is 1.94 bits per heavy atom. The van der Waals surface area contributed by atoms with Crippen molar-refractivity contribution < 1.29 is 9.53 Å². The zero-order chi connectivity index (χ0) is 13.0. The van der Waals surface area contributed by atoms with Gasteiger partial charge in [0.25, 0.3) is 0 Å². The standard InChI is InChI=1S/C15H25NO2/c1-3-11(15(17)18-2)8-9-16-10-14(12-4-5-12)13-6-7-13/h8,12-14,16H,3-7,9-10H2,1-2H3. The summed E-state index contributed by atoms with van der Waals surface area (Å²) in [6.45, 7) is 3.89. The molecule has 102 valence electrons. The summed E-state index contributed by atoms with van der Waals surface area (Å²) < 4.78 is 4.74. The zero-order valence-corrected chi connectivity index (χ0v) is 11.6. The molecule has 0 saturated heterocycles. The molecule has 0 spiro atoms. The summed E-state index contributed by atoms with van der Waals surface area (Å²) in [4.78, 5) is 11.4. The van der Waals surface area contributed by atoms with Crippen LogP contribution in [-0.2, 0) is 9.53 Å². The minimum atomic E-state index is -0.194. The van der Waals surface area contributed by atoms with Crippen LogP contribution in [-0.4, -0.2) is 26.2 Å². The van der Waals surface area contributed by atoms with Crippen molar-refractivity contribution in [3.05, 3.63) is 11.6 Å². The molecule has 0 amide bonds. The van der Waals surface area contributed by atoms with Gasteiger partial charge in [0.2, 0.25) is 0 Å². The molecule has 18 heavy (non-hydrogen) atoms. The lowest BCUT2D eigenvalue weighted by Crippen LogP contribution is -2.26. The summed E-state index contributed by atoms with van der Waals surface area (Å²) in [6, 6.07) is 0. The number of hydrogen-bond acceptors (Lipinski definition) is 3. The van der Waals surface area contributed by atoms with E-state index in [2.05, 4.69) is 5.32 Å². The van der Waals surface area contributed by atoms with Crippen LogP contribution in [0.15, 0.2) is 11.6 Å². The van der Waals surface area contributed by atoms with Gasteiger partial charge in [-0.2, -0.15) is 0 Å². The molecule has 3 nitrogen and oxygen atoms in total. The Labute approximate surface area is 110 Å². The first-order valence-corrected chi connectivity index (χ1v) is 7.24. The van der Waals surface area contributed by atoms with E-state index in [4.69, 9.17) is 4.74 Å². The number of esters is 1. The Morgan fingerprint density at radius 3 is 2.39 bits per heavy atom. The van der Waals surface area contributed by atoms with Crippen molar-refractivity contribution in [2.75, 3.05) is 20.2 Å². The minimum absolute atomic E-state index is 0.194. The normalized spacial score (nSPS) is 20.3. The molecule has 0 radical (unpaired) electrons. The molecule has 2 fully saturated rings. The van der Waals surface area contributed by atoms with E-state index in [1.165, 1.54) is 32.8 Å². The first-order valence-electron chi connectivity index (χ1n) is 7.24. The van der Waals surface area contributed by atoms with Gasteiger partial charge in [-0.1, -0.05) is 13.0 Å². The SMILES string of the molecule is CCC(=CCNCC(C1CC1)C1CC1)C(=O)OC. The third-order valence-corrected chi connectivity index (χ3v) is 4.16. The Hall–Kier alpha value is -0.830. The summed E-state index contributed by atoms with van der Waals surface area (Å²) in [7, 11) is 1.44. The molecule has 0 aromatic rings. The minimum Gasteiger partial charge on any atom is -0.466 e. The van der Waals surface area contributed by atoms with Crippen molar-refractivity contribution in [2.45, 2.75) is 39.0 Å². The van der Waals surface area contributed by atoms with Crippen LogP contribution < -0.4 is 5.32 Å². The first kappa shape index (κ1) is 13.6. The number of methoxy groups -OCH3 is 1. The molecule has 2 aliphatic carbocycles. The van der Waals surface area contributed by atoms with Crippen LogP contribution in [0.2, 0.25) is 0 Å². The van der Waals surface area contributed by atoms with Crippen molar-refractivity contribution >= 4 is 5.97 Å². The predicted molar refractivity (Wildman–Crippen MR) is 72.2 cm³/mol. The van der Waals surface area contributed by atoms with Gasteiger partial charge in [0.1, 0.15) is 0 Å². The molecule has 2 saturated carbocycles. The van der Waals surface area contributed by atoms with Gasteiger partial charge < -0.3 is 10.1 Å². The third-order valence-electron chi connectivity index (χ3n) is 4.16. The third kappa shape index (κ3) is 3.84. The predicted octanol–water partition coefficient (Wildman–Crippen LogP) is 2.52. The van der Waals surface area contributed by atoms with Crippen LogP contribution in [0.1, 0.15) is 39.0 Å². The highest BCUT2D eigenvalue weighted by atomic mass is 16.5. The highest BCUT2D eigenvalue weighted by Gasteiger charge is 2.40. The smallest absolute Gasteiger partial charge is 0.333 e. The Balaban J connectivity index is 1.70. The van der Waals surface area contributed by atoms with Gasteiger partial charge in [0.15, 0.2) is 0 Å². The number of nitrogens with one attached hydrogen (secondary N) is 1. The van der Waals surface area contributed by atoms with Crippen molar-refractivity contribution in [3.63, 3.8) is 0 Å². The van der Waals surface area contributed by atoms with Gasteiger partial charge in [-0.3, -0.25) is 0 Å². The highest BCUT2D eigenvalue weighted by Crippen LogP contribution is 2.48. The summed E-state index contributed by atoms with van der Waals surface area (Å²) in [5.74, 6) is 2.67. The second kappa shape index (κ2) is 6.37. The van der Waals surface area contributed by atoms with E-state index in [0.717, 1.165) is 42.8 Å². The second-order valence-corrected chi connectivity index (χ2v) is 5.57. The number of ether oxygens (including phenoxy) is 1. The number of rotatable bonds is 8. The molecule has 0 aromatic carbocycles. The van der Waals surface area contributed by atoms with E-state index in [0.29, 0.717) is 0 Å². The van der Waals surface area contributed by atoms with Crippen LogP contribution >= 0.6 is 0 Å². The summed E-state index contributed by atoms with van der Waals surface area (Å²) >= 11 is 0. The molecule has 2 rings (SSSR count). The van der Waals surface area contributed by atoms with Crippen molar-refractivity contribution in [1.29, 1.82) is 0 Å². The number of carbonyl (C=O) groups is 1. The first-order chi connectivity index (χ1) is 8.76. The molecule has 0 heterocycles. The molecule has 0 aromatic heterocycles. The monoisotopic (exact) mass is 251 g/mol. The second-order valence-electron chi connectivity index (χ2n) is 5.57. The maximum atomic E-state index is 11.4. The largest absolute Gasteiger partial charge is 0.466 e. The fourth-order valence-corrected chi connectivity index (χ4v) is 2.72.